The van der Waals surface area contributed by atoms with Gasteiger partial charge in [-0.1, -0.05) is 20.8 Å². The maximum atomic E-state index is 12.2. The van der Waals surface area contributed by atoms with E-state index in [2.05, 4.69) is 0 Å². The first-order chi connectivity index (χ1) is 8.20. The first-order valence-electron chi connectivity index (χ1n) is 6.44. The molecule has 0 aromatic heterocycles. The fourth-order valence-electron chi connectivity index (χ4n) is 2.83. The maximum absolute atomic E-state index is 12.2. The Kier molecular flexibility index (Phi) is 3.13. The van der Waals surface area contributed by atoms with Crippen molar-refractivity contribution in [1.29, 1.82) is 0 Å². The third-order valence-corrected chi connectivity index (χ3v) is 3.73. The standard InChI is InChI=1S/C13H21NO4/c1-13(2,3)6-10(15)11(16)14-8-4-7(8)5-9(14)12(17)18/h7-10,15H,4-6H2,1-3H3,(H,17,18)/t7-,8-,9+,10-/m1/s1. The number of carboxylic acid groups (broad SMARTS) is 1. The van der Waals surface area contributed by atoms with Crippen molar-refractivity contribution in [3.05, 3.63) is 0 Å². The highest BCUT2D eigenvalue weighted by Gasteiger charge is 2.57. The second kappa shape index (κ2) is 4.23. The number of carbonyl (C=O) groups is 2. The first-order valence-corrected chi connectivity index (χ1v) is 6.44. The summed E-state index contributed by atoms with van der Waals surface area (Å²) in [7, 11) is 0. The number of likely N-dealkylation sites (tertiary alicyclic amines) is 1. The van der Waals surface area contributed by atoms with Crippen molar-refractivity contribution < 1.29 is 19.8 Å². The van der Waals surface area contributed by atoms with E-state index < -0.39 is 24.0 Å². The molecule has 4 atom stereocenters. The summed E-state index contributed by atoms with van der Waals surface area (Å²) in [6, 6.07) is -0.691. The average Bonchev–Trinajstić information content (AvgIpc) is 2.86. The van der Waals surface area contributed by atoms with Crippen LogP contribution in [0.25, 0.3) is 0 Å². The molecule has 0 aromatic carbocycles. The first kappa shape index (κ1) is 13.3. The fraction of sp³-hybridized carbons (Fsp3) is 0.846. The number of aliphatic carboxylic acids is 1. The Labute approximate surface area is 107 Å². The van der Waals surface area contributed by atoms with Crippen LogP contribution < -0.4 is 0 Å². The largest absolute Gasteiger partial charge is 0.480 e. The number of rotatable bonds is 3. The van der Waals surface area contributed by atoms with E-state index in [1.807, 2.05) is 20.8 Å². The van der Waals surface area contributed by atoms with Crippen molar-refractivity contribution in [3.8, 4) is 0 Å². The van der Waals surface area contributed by atoms with Gasteiger partial charge in [0, 0.05) is 6.04 Å². The van der Waals surface area contributed by atoms with Crippen LogP contribution in [0.2, 0.25) is 0 Å². The molecule has 0 aromatic rings. The van der Waals surface area contributed by atoms with Crippen LogP contribution in [0.1, 0.15) is 40.0 Å². The summed E-state index contributed by atoms with van der Waals surface area (Å²) in [6.07, 6.45) is 0.684. The summed E-state index contributed by atoms with van der Waals surface area (Å²) in [6.45, 7) is 5.84. The van der Waals surface area contributed by atoms with Gasteiger partial charge < -0.3 is 15.1 Å². The average molecular weight is 255 g/mol. The Bertz CT molecular complexity index is 374. The number of nitrogens with zero attached hydrogens (tertiary/aromatic N) is 1. The summed E-state index contributed by atoms with van der Waals surface area (Å²) in [5.41, 5.74) is -0.156. The number of piperidine rings is 1. The van der Waals surface area contributed by atoms with E-state index >= 15 is 0 Å². The minimum atomic E-state index is -1.09. The molecular formula is C13H21NO4. The molecular weight excluding hydrogens is 234 g/mol. The molecule has 102 valence electrons. The molecule has 5 heteroatoms. The summed E-state index contributed by atoms with van der Waals surface area (Å²) >= 11 is 0. The van der Waals surface area contributed by atoms with Gasteiger partial charge in [0.1, 0.15) is 12.1 Å². The molecule has 5 nitrogen and oxygen atoms in total. The number of carbonyl (C=O) groups excluding carboxylic acids is 1. The van der Waals surface area contributed by atoms with Crippen molar-refractivity contribution >= 4 is 11.9 Å². The topological polar surface area (TPSA) is 77.8 Å². The van der Waals surface area contributed by atoms with Crippen LogP contribution in [0.3, 0.4) is 0 Å². The van der Waals surface area contributed by atoms with Crippen LogP contribution in [0.15, 0.2) is 0 Å². The van der Waals surface area contributed by atoms with Crippen molar-refractivity contribution in [2.45, 2.75) is 58.2 Å². The van der Waals surface area contributed by atoms with E-state index in [9.17, 15) is 14.7 Å². The van der Waals surface area contributed by atoms with E-state index in [1.54, 1.807) is 0 Å². The van der Waals surface area contributed by atoms with E-state index in [-0.39, 0.29) is 11.5 Å². The predicted octanol–water partition coefficient (Wildman–Crippen LogP) is 0.857. The van der Waals surface area contributed by atoms with Gasteiger partial charge in [0.2, 0.25) is 0 Å². The molecule has 2 N–H and O–H groups in total. The highest BCUT2D eigenvalue weighted by atomic mass is 16.4. The molecule has 1 saturated carbocycles. The molecule has 2 aliphatic rings. The summed E-state index contributed by atoms with van der Waals surface area (Å²) in [5, 5.41) is 19.1. The van der Waals surface area contributed by atoms with Gasteiger partial charge in [-0.25, -0.2) is 4.79 Å². The van der Waals surface area contributed by atoms with Gasteiger partial charge in [-0.05, 0) is 30.6 Å². The second-order valence-corrected chi connectivity index (χ2v) is 6.68. The third kappa shape index (κ3) is 2.51. The number of hydrogen-bond acceptors (Lipinski definition) is 3. The number of carboxylic acids is 1. The normalized spacial score (nSPS) is 32.0. The highest BCUT2D eigenvalue weighted by molar-refractivity contribution is 5.87. The molecule has 1 heterocycles. The van der Waals surface area contributed by atoms with E-state index in [0.29, 0.717) is 18.8 Å². The van der Waals surface area contributed by atoms with Crippen LogP contribution in [0.5, 0.6) is 0 Å². The summed E-state index contributed by atoms with van der Waals surface area (Å²) in [4.78, 5) is 24.7. The minimum Gasteiger partial charge on any atom is -0.480 e. The zero-order valence-electron chi connectivity index (χ0n) is 11.1. The fourth-order valence-corrected chi connectivity index (χ4v) is 2.83. The van der Waals surface area contributed by atoms with Crippen LogP contribution in [0.4, 0.5) is 0 Å². The number of hydrogen-bond donors (Lipinski definition) is 2. The molecule has 1 saturated heterocycles. The van der Waals surface area contributed by atoms with Crippen LogP contribution in [-0.2, 0) is 9.59 Å². The second-order valence-electron chi connectivity index (χ2n) is 6.68. The molecule has 18 heavy (non-hydrogen) atoms. The lowest BCUT2D eigenvalue weighted by Gasteiger charge is -2.29. The third-order valence-electron chi connectivity index (χ3n) is 3.73. The van der Waals surface area contributed by atoms with E-state index in [0.717, 1.165) is 6.42 Å². The van der Waals surface area contributed by atoms with Crippen LogP contribution in [0, 0.1) is 11.3 Å². The molecule has 0 spiro atoms. The number of amides is 1. The van der Waals surface area contributed by atoms with E-state index in [1.165, 1.54) is 4.90 Å². The maximum Gasteiger partial charge on any atom is 0.326 e. The van der Waals surface area contributed by atoms with Crippen LogP contribution in [-0.4, -0.2) is 45.2 Å². The van der Waals surface area contributed by atoms with Crippen molar-refractivity contribution in [3.63, 3.8) is 0 Å². The number of fused-ring (bicyclic) bond motifs is 1. The minimum absolute atomic E-state index is 0.0493. The van der Waals surface area contributed by atoms with E-state index in [4.69, 9.17) is 5.11 Å². The van der Waals surface area contributed by atoms with Gasteiger partial charge in [0.05, 0.1) is 0 Å². The number of aliphatic hydroxyl groups excluding tert-OH is 1. The van der Waals surface area contributed by atoms with Crippen LogP contribution >= 0.6 is 0 Å². The van der Waals surface area contributed by atoms with Gasteiger partial charge in [0.15, 0.2) is 0 Å². The van der Waals surface area contributed by atoms with Gasteiger partial charge in [-0.2, -0.15) is 0 Å². The summed E-state index contributed by atoms with van der Waals surface area (Å²) < 4.78 is 0. The predicted molar refractivity (Wildman–Crippen MR) is 64.9 cm³/mol. The van der Waals surface area contributed by atoms with Gasteiger partial charge in [-0.15, -0.1) is 0 Å². The SMILES string of the molecule is CC(C)(C)C[C@@H](O)C(=O)N1[C@@H]2C[C@@H]2C[C@H]1C(=O)O. The zero-order chi connectivity index (χ0) is 13.7. The molecule has 0 bridgehead atoms. The molecule has 1 aliphatic carbocycles. The Morgan fingerprint density at radius 1 is 1.33 bits per heavy atom. The van der Waals surface area contributed by atoms with Gasteiger partial charge >= 0.3 is 5.97 Å². The lowest BCUT2D eigenvalue weighted by atomic mass is 9.88. The number of aliphatic hydroxyl groups is 1. The smallest absolute Gasteiger partial charge is 0.326 e. The van der Waals surface area contributed by atoms with Gasteiger partial charge in [0.25, 0.3) is 5.91 Å². The summed E-state index contributed by atoms with van der Waals surface area (Å²) in [5.74, 6) is -1.04. The molecule has 1 amide bonds. The highest BCUT2D eigenvalue weighted by Crippen LogP contribution is 2.48. The zero-order valence-corrected chi connectivity index (χ0v) is 11.1. The quantitative estimate of drug-likeness (QED) is 0.784. The molecule has 2 fully saturated rings. The Hall–Kier alpha value is -1.10. The molecule has 0 radical (unpaired) electrons. The van der Waals surface area contributed by atoms with Gasteiger partial charge in [-0.3, -0.25) is 4.79 Å². The lowest BCUT2D eigenvalue weighted by Crippen LogP contribution is -2.48. The Morgan fingerprint density at radius 3 is 2.44 bits per heavy atom. The Morgan fingerprint density at radius 2 is 1.94 bits per heavy atom. The molecule has 0 unspecified atom stereocenters. The molecule has 2 rings (SSSR count). The van der Waals surface area contributed by atoms with Crippen molar-refractivity contribution in [1.82, 2.24) is 4.90 Å². The van der Waals surface area contributed by atoms with Crippen molar-refractivity contribution in [2.75, 3.05) is 0 Å². The molecule has 1 aliphatic heterocycles. The van der Waals surface area contributed by atoms with Crippen molar-refractivity contribution in [2.24, 2.45) is 11.3 Å². The monoisotopic (exact) mass is 255 g/mol. The Balaban J connectivity index is 2.05. The lowest BCUT2D eigenvalue weighted by molar-refractivity contribution is -0.154.